The molecule has 4 nitrogen and oxygen atoms in total. The van der Waals surface area contributed by atoms with Gasteiger partial charge in [0.1, 0.15) is 0 Å². The monoisotopic (exact) mass is 195 g/mol. The molecule has 0 aliphatic rings. The van der Waals surface area contributed by atoms with Crippen LogP contribution in [0, 0.1) is 0 Å². The van der Waals surface area contributed by atoms with E-state index in [4.69, 9.17) is 15.2 Å². The van der Waals surface area contributed by atoms with Gasteiger partial charge in [0.05, 0.1) is 0 Å². The minimum Gasteiger partial charge on any atom is -0.366 e. The van der Waals surface area contributed by atoms with Gasteiger partial charge in [0.15, 0.2) is 6.29 Å². The van der Waals surface area contributed by atoms with Crippen molar-refractivity contribution in [2.24, 2.45) is 5.73 Å². The summed E-state index contributed by atoms with van der Waals surface area (Å²) < 4.78 is 10.1. The molecule has 0 spiro atoms. The molecule has 0 aromatic heterocycles. The second-order valence-electron chi connectivity index (χ2n) is 2.79. The maximum Gasteiger partial charge on any atom is 0.248 e. The van der Waals surface area contributed by atoms with Crippen molar-refractivity contribution in [3.8, 4) is 0 Å². The molecule has 76 valence electrons. The Morgan fingerprint density at radius 2 is 2.00 bits per heavy atom. The van der Waals surface area contributed by atoms with Crippen molar-refractivity contribution in [2.75, 3.05) is 14.2 Å². The van der Waals surface area contributed by atoms with Crippen LogP contribution in [0.25, 0.3) is 0 Å². The topological polar surface area (TPSA) is 61.6 Å². The number of primary amides is 1. The van der Waals surface area contributed by atoms with E-state index < -0.39 is 12.2 Å². The molecule has 2 N–H and O–H groups in total. The van der Waals surface area contributed by atoms with Gasteiger partial charge in [-0.2, -0.15) is 0 Å². The molecule has 14 heavy (non-hydrogen) atoms. The molecule has 1 rings (SSSR count). The van der Waals surface area contributed by atoms with Crippen molar-refractivity contribution in [2.45, 2.75) is 6.29 Å². The van der Waals surface area contributed by atoms with Crippen molar-refractivity contribution in [1.29, 1.82) is 0 Å². The number of rotatable bonds is 4. The van der Waals surface area contributed by atoms with E-state index in [0.29, 0.717) is 5.56 Å². The van der Waals surface area contributed by atoms with Gasteiger partial charge in [0, 0.05) is 25.3 Å². The van der Waals surface area contributed by atoms with Gasteiger partial charge in [-0.25, -0.2) is 0 Å². The SMILES string of the molecule is COC(OC)c1cccc(C(N)=O)c1. The number of methoxy groups -OCH3 is 2. The zero-order valence-corrected chi connectivity index (χ0v) is 8.19. The van der Waals surface area contributed by atoms with E-state index in [1.54, 1.807) is 18.2 Å². The molecule has 0 bridgehead atoms. The number of carbonyl (C=O) groups excluding carboxylic acids is 1. The molecule has 1 aromatic carbocycles. The molecule has 0 heterocycles. The number of hydrogen-bond donors (Lipinski definition) is 1. The van der Waals surface area contributed by atoms with Gasteiger partial charge in [0.2, 0.25) is 5.91 Å². The minimum absolute atomic E-state index is 0.446. The Morgan fingerprint density at radius 1 is 1.36 bits per heavy atom. The van der Waals surface area contributed by atoms with Crippen molar-refractivity contribution in [3.05, 3.63) is 35.4 Å². The Morgan fingerprint density at radius 3 is 2.50 bits per heavy atom. The van der Waals surface area contributed by atoms with Crippen LogP contribution in [0.2, 0.25) is 0 Å². The van der Waals surface area contributed by atoms with Crippen LogP contribution in [0.5, 0.6) is 0 Å². The molecule has 0 unspecified atom stereocenters. The van der Waals surface area contributed by atoms with Gasteiger partial charge in [-0.15, -0.1) is 0 Å². The minimum atomic E-state index is -0.464. The normalized spacial score (nSPS) is 10.5. The summed E-state index contributed by atoms with van der Waals surface area (Å²) in [6.07, 6.45) is -0.464. The summed E-state index contributed by atoms with van der Waals surface area (Å²) in [5.41, 5.74) is 6.36. The molecule has 1 aromatic rings. The summed E-state index contributed by atoms with van der Waals surface area (Å²) in [6.45, 7) is 0. The highest BCUT2D eigenvalue weighted by Crippen LogP contribution is 2.17. The van der Waals surface area contributed by atoms with Crippen LogP contribution < -0.4 is 5.73 Å². The van der Waals surface area contributed by atoms with E-state index in [1.807, 2.05) is 6.07 Å². The van der Waals surface area contributed by atoms with Crippen LogP contribution in [0.4, 0.5) is 0 Å². The predicted molar refractivity (Wildman–Crippen MR) is 51.7 cm³/mol. The molecular formula is C10H13NO3. The molecule has 1 amide bonds. The number of amides is 1. The first-order valence-corrected chi connectivity index (χ1v) is 4.14. The number of nitrogens with two attached hydrogens (primary N) is 1. The summed E-state index contributed by atoms with van der Waals surface area (Å²) in [7, 11) is 3.07. The second kappa shape index (κ2) is 4.74. The Balaban J connectivity index is 2.98. The van der Waals surface area contributed by atoms with Crippen molar-refractivity contribution < 1.29 is 14.3 Å². The van der Waals surface area contributed by atoms with E-state index in [1.165, 1.54) is 14.2 Å². The third-order valence-electron chi connectivity index (χ3n) is 1.87. The third kappa shape index (κ3) is 2.31. The van der Waals surface area contributed by atoms with Crippen molar-refractivity contribution >= 4 is 5.91 Å². The highest BCUT2D eigenvalue weighted by molar-refractivity contribution is 5.92. The standard InChI is InChI=1S/C10H13NO3/c1-13-10(14-2)8-5-3-4-7(6-8)9(11)12/h3-6,10H,1-2H3,(H2,11,12). The smallest absolute Gasteiger partial charge is 0.248 e. The molecule has 4 heteroatoms. The third-order valence-corrected chi connectivity index (χ3v) is 1.87. The molecular weight excluding hydrogens is 182 g/mol. The lowest BCUT2D eigenvalue weighted by atomic mass is 10.1. The first-order valence-electron chi connectivity index (χ1n) is 4.14. The molecule has 0 aliphatic heterocycles. The van der Waals surface area contributed by atoms with E-state index in [-0.39, 0.29) is 0 Å². The fourth-order valence-electron chi connectivity index (χ4n) is 1.21. The Hall–Kier alpha value is -1.39. The molecule has 0 fully saturated rings. The average molecular weight is 195 g/mol. The van der Waals surface area contributed by atoms with Gasteiger partial charge >= 0.3 is 0 Å². The van der Waals surface area contributed by atoms with Crippen LogP contribution in [0.15, 0.2) is 24.3 Å². The Kier molecular flexibility index (Phi) is 3.62. The second-order valence-corrected chi connectivity index (χ2v) is 2.79. The molecule has 0 radical (unpaired) electrons. The lowest BCUT2D eigenvalue weighted by Gasteiger charge is -2.13. The van der Waals surface area contributed by atoms with Gasteiger partial charge in [-0.1, -0.05) is 12.1 Å². The van der Waals surface area contributed by atoms with Gasteiger partial charge in [-0.05, 0) is 12.1 Å². The van der Waals surface area contributed by atoms with Crippen LogP contribution in [-0.4, -0.2) is 20.1 Å². The first-order chi connectivity index (χ1) is 6.69. The first kappa shape index (κ1) is 10.7. The van der Waals surface area contributed by atoms with Crippen LogP contribution in [-0.2, 0) is 9.47 Å². The largest absolute Gasteiger partial charge is 0.366 e. The summed E-state index contributed by atoms with van der Waals surface area (Å²) in [4.78, 5) is 10.9. The zero-order valence-electron chi connectivity index (χ0n) is 8.19. The van der Waals surface area contributed by atoms with Crippen molar-refractivity contribution in [1.82, 2.24) is 0 Å². The average Bonchev–Trinajstić information content (AvgIpc) is 2.20. The quantitative estimate of drug-likeness (QED) is 0.731. The maximum absolute atomic E-state index is 10.9. The Labute approximate surface area is 82.6 Å². The Bertz CT molecular complexity index is 321. The zero-order chi connectivity index (χ0) is 10.6. The van der Waals surface area contributed by atoms with E-state index in [0.717, 1.165) is 5.56 Å². The fraction of sp³-hybridized carbons (Fsp3) is 0.300. The molecule has 0 atom stereocenters. The summed E-state index contributed by atoms with van der Waals surface area (Å²) in [5, 5.41) is 0. The highest BCUT2D eigenvalue weighted by atomic mass is 16.7. The fourth-order valence-corrected chi connectivity index (χ4v) is 1.21. The number of ether oxygens (including phenoxy) is 2. The molecule has 0 saturated heterocycles. The number of carbonyl (C=O) groups is 1. The van der Waals surface area contributed by atoms with Gasteiger partial charge in [0.25, 0.3) is 0 Å². The lowest BCUT2D eigenvalue weighted by molar-refractivity contribution is -0.106. The van der Waals surface area contributed by atoms with E-state index in [2.05, 4.69) is 0 Å². The van der Waals surface area contributed by atoms with Gasteiger partial charge in [-0.3, -0.25) is 4.79 Å². The molecule has 0 aliphatic carbocycles. The number of benzene rings is 1. The summed E-state index contributed by atoms with van der Waals surface area (Å²) in [5.74, 6) is -0.460. The van der Waals surface area contributed by atoms with E-state index >= 15 is 0 Å². The van der Waals surface area contributed by atoms with E-state index in [9.17, 15) is 4.79 Å². The van der Waals surface area contributed by atoms with Crippen LogP contribution >= 0.6 is 0 Å². The van der Waals surface area contributed by atoms with Crippen LogP contribution in [0.1, 0.15) is 22.2 Å². The number of hydrogen-bond acceptors (Lipinski definition) is 3. The molecule has 0 saturated carbocycles. The maximum atomic E-state index is 10.9. The summed E-state index contributed by atoms with van der Waals surface area (Å²) >= 11 is 0. The predicted octanol–water partition coefficient (Wildman–Crippen LogP) is 1.08. The summed E-state index contributed by atoms with van der Waals surface area (Å²) in [6, 6.07) is 6.85. The lowest BCUT2D eigenvalue weighted by Crippen LogP contribution is -2.12. The van der Waals surface area contributed by atoms with Gasteiger partial charge < -0.3 is 15.2 Å². The van der Waals surface area contributed by atoms with Crippen molar-refractivity contribution in [3.63, 3.8) is 0 Å². The van der Waals surface area contributed by atoms with Crippen LogP contribution in [0.3, 0.4) is 0 Å². The highest BCUT2D eigenvalue weighted by Gasteiger charge is 2.10.